The van der Waals surface area contributed by atoms with Gasteiger partial charge in [0, 0.05) is 21.3 Å². The van der Waals surface area contributed by atoms with Gasteiger partial charge in [-0.3, -0.25) is 0 Å². The van der Waals surface area contributed by atoms with Crippen molar-refractivity contribution in [3.63, 3.8) is 0 Å². The second-order valence-corrected chi connectivity index (χ2v) is 5.91. The Morgan fingerprint density at radius 2 is 1.00 bits per heavy atom. The number of ether oxygens (including phenoxy) is 3. The molecule has 0 unspecified atom stereocenters. The second-order valence-electron chi connectivity index (χ2n) is 3.36. The van der Waals surface area contributed by atoms with E-state index in [4.69, 9.17) is 27.5 Å². The van der Waals surface area contributed by atoms with Crippen molar-refractivity contribution in [2.24, 2.45) is 0 Å². The summed E-state index contributed by atoms with van der Waals surface area (Å²) in [6, 6.07) is 0. The summed E-state index contributed by atoms with van der Waals surface area (Å²) in [5.74, 6) is 0. The highest BCUT2D eigenvalue weighted by Crippen LogP contribution is 2.09. The van der Waals surface area contributed by atoms with Crippen LogP contribution in [0, 0.1) is 0 Å². The molecule has 0 saturated carbocycles. The summed E-state index contributed by atoms with van der Waals surface area (Å²) in [5, 5.41) is 9.44. The predicted molar refractivity (Wildman–Crippen MR) is 66.3 cm³/mol. The molecule has 0 aliphatic heterocycles. The highest BCUT2D eigenvalue weighted by molar-refractivity contribution is 6.60. The molecule has 0 aromatic carbocycles. The Balaban J connectivity index is 4.20. The summed E-state index contributed by atoms with van der Waals surface area (Å²) in [4.78, 5) is 0. The van der Waals surface area contributed by atoms with Crippen LogP contribution in [0.15, 0.2) is 0 Å². The lowest BCUT2D eigenvalue weighted by Crippen LogP contribution is -2.51. The van der Waals surface area contributed by atoms with Crippen LogP contribution in [-0.2, 0) is 27.5 Å². The molecule has 0 aliphatic carbocycles. The minimum absolute atomic E-state index is 0.288. The molecule has 0 saturated heterocycles. The van der Waals surface area contributed by atoms with E-state index in [9.17, 15) is 5.11 Å². The van der Waals surface area contributed by atoms with Crippen LogP contribution in [0.5, 0.6) is 0 Å². The van der Waals surface area contributed by atoms with Gasteiger partial charge in [0.1, 0.15) is 6.23 Å². The van der Waals surface area contributed by atoms with E-state index in [1.165, 1.54) is 0 Å². The molecule has 0 aromatic heterocycles. The Bertz CT molecular complexity index is 155. The van der Waals surface area contributed by atoms with E-state index < -0.39 is 8.80 Å². The molecule has 0 amide bonds. The average Bonchev–Trinajstić information content (AvgIpc) is 2.39. The topological polar surface area (TPSA) is 75.6 Å². The molecule has 0 bridgehead atoms. The third-order valence-electron chi connectivity index (χ3n) is 2.02. The van der Waals surface area contributed by atoms with Crippen LogP contribution >= 0.6 is 0 Å². The van der Waals surface area contributed by atoms with Crippen molar-refractivity contribution in [2.45, 2.75) is 0 Å². The van der Waals surface area contributed by atoms with Gasteiger partial charge < -0.3 is 32.6 Å². The van der Waals surface area contributed by atoms with Crippen molar-refractivity contribution in [3.05, 3.63) is 0 Å². The van der Waals surface area contributed by atoms with Crippen molar-refractivity contribution < 1.29 is 32.6 Å². The fraction of sp³-hybridized carbons (Fsp3) is 1.00. The van der Waals surface area contributed by atoms with Crippen molar-refractivity contribution >= 4 is 8.80 Å². The van der Waals surface area contributed by atoms with Crippen LogP contribution in [0.4, 0.5) is 0 Å². The van der Waals surface area contributed by atoms with Gasteiger partial charge in [-0.25, -0.2) is 0 Å². The Kier molecular flexibility index (Phi) is 12.0. The summed E-state index contributed by atoms with van der Waals surface area (Å²) in [6.45, 7) is 2.16. The first-order chi connectivity index (χ1) is 8.74. The average molecular weight is 284 g/mol. The molecule has 1 N–H and O–H groups in total. The molecule has 8 heteroatoms. The third kappa shape index (κ3) is 8.11. The normalized spacial score (nSPS) is 12.0. The van der Waals surface area contributed by atoms with Crippen LogP contribution in [0.1, 0.15) is 0 Å². The lowest BCUT2D eigenvalue weighted by molar-refractivity contribution is 0.00231. The molecular formula is C10H24O7Si. The zero-order valence-electron chi connectivity index (χ0n) is 11.3. The zero-order valence-corrected chi connectivity index (χ0v) is 12.3. The van der Waals surface area contributed by atoms with E-state index in [-0.39, 0.29) is 6.23 Å². The fourth-order valence-corrected chi connectivity index (χ4v) is 2.81. The highest BCUT2D eigenvalue weighted by Gasteiger charge is 2.41. The summed E-state index contributed by atoms with van der Waals surface area (Å²) >= 11 is 0. The molecule has 0 spiro atoms. The van der Waals surface area contributed by atoms with Crippen molar-refractivity contribution in [3.8, 4) is 0 Å². The molecule has 110 valence electrons. The van der Waals surface area contributed by atoms with Gasteiger partial charge in [-0.15, -0.1) is 0 Å². The van der Waals surface area contributed by atoms with Gasteiger partial charge in [0.25, 0.3) is 0 Å². The van der Waals surface area contributed by atoms with E-state index in [1.54, 1.807) is 21.3 Å². The van der Waals surface area contributed by atoms with Crippen molar-refractivity contribution in [1.82, 2.24) is 0 Å². The molecule has 0 atom stereocenters. The lowest BCUT2D eigenvalue weighted by atomic mass is 10.8. The van der Waals surface area contributed by atoms with E-state index in [2.05, 4.69) is 0 Å². The lowest BCUT2D eigenvalue weighted by Gasteiger charge is -2.27. The molecule has 0 heterocycles. The maximum absolute atomic E-state index is 9.44. The maximum atomic E-state index is 9.44. The molecule has 0 aromatic rings. The Hall–Kier alpha value is -0.0631. The number of aliphatic hydroxyl groups is 1. The molecule has 0 aliphatic rings. The standard InChI is InChI=1S/C10H24O7Si/c1-12-4-7-15-18(10-11,16-8-5-13-2)17-9-6-14-3/h11H,4-10H2,1-3H3. The van der Waals surface area contributed by atoms with Gasteiger partial charge in [0.05, 0.1) is 39.6 Å². The Morgan fingerprint density at radius 3 is 1.22 bits per heavy atom. The van der Waals surface area contributed by atoms with Crippen LogP contribution < -0.4 is 0 Å². The first kappa shape index (κ1) is 17.9. The van der Waals surface area contributed by atoms with Gasteiger partial charge >= 0.3 is 8.80 Å². The van der Waals surface area contributed by atoms with E-state index >= 15 is 0 Å². The van der Waals surface area contributed by atoms with Crippen LogP contribution in [0.3, 0.4) is 0 Å². The predicted octanol–water partition coefficient (Wildman–Crippen LogP) is -0.554. The van der Waals surface area contributed by atoms with Crippen LogP contribution in [-0.4, -0.2) is 81.1 Å². The number of aliphatic hydroxyl groups excluding tert-OH is 1. The summed E-state index contributed by atoms with van der Waals surface area (Å²) in [5.41, 5.74) is 0. The molecule has 0 radical (unpaired) electrons. The molecule has 0 fully saturated rings. The highest BCUT2D eigenvalue weighted by atomic mass is 28.4. The van der Waals surface area contributed by atoms with E-state index in [0.29, 0.717) is 39.6 Å². The summed E-state index contributed by atoms with van der Waals surface area (Å²) in [7, 11) is 1.65. The van der Waals surface area contributed by atoms with Crippen molar-refractivity contribution in [2.75, 3.05) is 67.2 Å². The minimum atomic E-state index is -3.07. The second kappa shape index (κ2) is 12.0. The quantitative estimate of drug-likeness (QED) is 0.359. The third-order valence-corrected chi connectivity index (χ3v) is 4.34. The van der Waals surface area contributed by atoms with Crippen LogP contribution in [0.2, 0.25) is 0 Å². The van der Waals surface area contributed by atoms with Gasteiger partial charge in [0.2, 0.25) is 0 Å². The number of methoxy groups -OCH3 is 3. The smallest absolute Gasteiger partial charge is 0.392 e. The Labute approximate surface area is 109 Å². The van der Waals surface area contributed by atoms with Gasteiger partial charge in [-0.1, -0.05) is 0 Å². The monoisotopic (exact) mass is 284 g/mol. The molecule has 7 nitrogen and oxygen atoms in total. The van der Waals surface area contributed by atoms with Gasteiger partial charge in [-0.05, 0) is 0 Å². The summed E-state index contributed by atoms with van der Waals surface area (Å²) < 4.78 is 31.2. The Morgan fingerprint density at radius 1 is 0.667 bits per heavy atom. The first-order valence-electron chi connectivity index (χ1n) is 5.74. The number of hydrogen-bond acceptors (Lipinski definition) is 7. The molecular weight excluding hydrogens is 260 g/mol. The summed E-state index contributed by atoms with van der Waals surface area (Å²) in [6.07, 6.45) is -0.288. The fourth-order valence-electron chi connectivity index (χ4n) is 1.10. The SMILES string of the molecule is COCCO[Si](CO)(OCCOC)OCCOC. The first-order valence-corrected chi connectivity index (χ1v) is 7.67. The van der Waals surface area contributed by atoms with Gasteiger partial charge in [-0.2, -0.15) is 0 Å². The maximum Gasteiger partial charge on any atom is 0.528 e. The van der Waals surface area contributed by atoms with Crippen molar-refractivity contribution in [1.29, 1.82) is 0 Å². The number of rotatable bonds is 13. The number of hydrogen-bond donors (Lipinski definition) is 1. The molecule has 18 heavy (non-hydrogen) atoms. The van der Waals surface area contributed by atoms with Gasteiger partial charge in [0.15, 0.2) is 0 Å². The molecule has 0 rings (SSSR count). The van der Waals surface area contributed by atoms with E-state index in [1.807, 2.05) is 0 Å². The largest absolute Gasteiger partial charge is 0.528 e. The van der Waals surface area contributed by atoms with E-state index in [0.717, 1.165) is 0 Å². The zero-order chi connectivity index (χ0) is 13.7. The minimum Gasteiger partial charge on any atom is -0.392 e. The van der Waals surface area contributed by atoms with Crippen LogP contribution in [0.25, 0.3) is 0 Å².